The molecule has 0 aliphatic rings. The fraction of sp³-hybridized carbons (Fsp3) is 1.00. The van der Waals surface area contributed by atoms with Crippen LogP contribution in [0.5, 0.6) is 0 Å². The van der Waals surface area contributed by atoms with Crippen molar-refractivity contribution in [1.82, 2.24) is 10.2 Å². The number of hydrogen-bond acceptors (Lipinski definition) is 2. The molecular weight excluding hydrogens is 220 g/mol. The summed E-state index contributed by atoms with van der Waals surface area (Å²) in [4.78, 5) is 2.49. The molecule has 2 atom stereocenters. The maximum Gasteiger partial charge on any atom is 0.0169 e. The number of nitrogens with zero attached hydrogens (tertiary/aromatic N) is 1. The van der Waals surface area contributed by atoms with Crippen molar-refractivity contribution in [3.8, 4) is 0 Å². The van der Waals surface area contributed by atoms with E-state index in [0.29, 0.717) is 12.1 Å². The van der Waals surface area contributed by atoms with Gasteiger partial charge in [0.05, 0.1) is 0 Å². The zero-order chi connectivity index (χ0) is 13.8. The highest BCUT2D eigenvalue weighted by Gasteiger charge is 2.09. The average Bonchev–Trinajstić information content (AvgIpc) is 2.35. The Morgan fingerprint density at radius 1 is 0.833 bits per heavy atom. The summed E-state index contributed by atoms with van der Waals surface area (Å²) in [6, 6.07) is 1.27. The average molecular weight is 256 g/mol. The molecule has 2 heteroatoms. The maximum atomic E-state index is 3.73. The molecule has 0 bridgehead atoms. The molecule has 0 aromatic heterocycles. The number of nitrogens with one attached hydrogen (secondary N) is 1. The molecule has 0 aliphatic heterocycles. The first-order chi connectivity index (χ1) is 8.63. The van der Waals surface area contributed by atoms with Crippen LogP contribution in [0.25, 0.3) is 0 Å². The lowest BCUT2D eigenvalue weighted by Gasteiger charge is -2.26. The van der Waals surface area contributed by atoms with Gasteiger partial charge >= 0.3 is 0 Å². The molecule has 0 rings (SSSR count). The van der Waals surface area contributed by atoms with Gasteiger partial charge in [0.2, 0.25) is 0 Å². The van der Waals surface area contributed by atoms with E-state index in [-0.39, 0.29) is 0 Å². The van der Waals surface area contributed by atoms with Gasteiger partial charge in [-0.2, -0.15) is 0 Å². The van der Waals surface area contributed by atoms with E-state index in [1.165, 1.54) is 45.1 Å². The second-order valence-corrected chi connectivity index (χ2v) is 5.66. The van der Waals surface area contributed by atoms with Crippen molar-refractivity contribution in [2.24, 2.45) is 0 Å². The maximum absolute atomic E-state index is 3.73. The van der Waals surface area contributed by atoms with Gasteiger partial charge in [0.1, 0.15) is 0 Å². The summed E-state index contributed by atoms with van der Waals surface area (Å²) < 4.78 is 0. The van der Waals surface area contributed by atoms with E-state index >= 15 is 0 Å². The van der Waals surface area contributed by atoms with Gasteiger partial charge in [-0.3, -0.25) is 0 Å². The van der Waals surface area contributed by atoms with Crippen LogP contribution in [0.2, 0.25) is 0 Å². The van der Waals surface area contributed by atoms with E-state index in [2.05, 4.69) is 44.8 Å². The van der Waals surface area contributed by atoms with E-state index in [9.17, 15) is 0 Å². The zero-order valence-corrected chi connectivity index (χ0v) is 13.5. The number of likely N-dealkylation sites (N-methyl/N-ethyl adjacent to an activating group) is 1. The summed E-state index contributed by atoms with van der Waals surface area (Å²) in [5, 5.41) is 3.73. The standard InChI is InChI=1S/C16H36N2/c1-6-9-10-11-12-13-15(4)17-16(5)14-18(7-2)8-3/h15-17H,6-14H2,1-5H3. The van der Waals surface area contributed by atoms with E-state index < -0.39 is 0 Å². The van der Waals surface area contributed by atoms with Gasteiger partial charge in [-0.15, -0.1) is 0 Å². The lowest BCUT2D eigenvalue weighted by molar-refractivity contribution is 0.260. The Kier molecular flexibility index (Phi) is 11.9. The minimum absolute atomic E-state index is 0.607. The smallest absolute Gasteiger partial charge is 0.0169 e. The van der Waals surface area contributed by atoms with Crippen LogP contribution in [0.3, 0.4) is 0 Å². The Balaban J connectivity index is 3.57. The van der Waals surface area contributed by atoms with Crippen molar-refractivity contribution in [2.45, 2.75) is 85.2 Å². The van der Waals surface area contributed by atoms with E-state index in [1.54, 1.807) is 0 Å². The van der Waals surface area contributed by atoms with Crippen LogP contribution in [0.15, 0.2) is 0 Å². The Morgan fingerprint density at radius 2 is 1.44 bits per heavy atom. The summed E-state index contributed by atoms with van der Waals surface area (Å²) in [5.41, 5.74) is 0. The predicted octanol–water partition coefficient (Wildman–Crippen LogP) is 4.06. The van der Waals surface area contributed by atoms with Crippen molar-refractivity contribution < 1.29 is 0 Å². The molecule has 0 spiro atoms. The summed E-state index contributed by atoms with van der Waals surface area (Å²) in [5.74, 6) is 0. The molecule has 110 valence electrons. The van der Waals surface area contributed by atoms with Crippen molar-refractivity contribution in [1.29, 1.82) is 0 Å². The molecule has 0 aliphatic carbocycles. The van der Waals surface area contributed by atoms with Gasteiger partial charge in [0.15, 0.2) is 0 Å². The third kappa shape index (κ3) is 9.90. The quantitative estimate of drug-likeness (QED) is 0.530. The van der Waals surface area contributed by atoms with Crippen LogP contribution in [0.4, 0.5) is 0 Å². The molecule has 0 saturated heterocycles. The SMILES string of the molecule is CCCCCCCC(C)NC(C)CN(CC)CC. The van der Waals surface area contributed by atoms with Gasteiger partial charge < -0.3 is 10.2 Å². The highest BCUT2D eigenvalue weighted by molar-refractivity contribution is 4.71. The molecule has 0 amide bonds. The van der Waals surface area contributed by atoms with Crippen molar-refractivity contribution in [2.75, 3.05) is 19.6 Å². The third-order valence-electron chi connectivity index (χ3n) is 3.74. The van der Waals surface area contributed by atoms with E-state index in [4.69, 9.17) is 0 Å². The van der Waals surface area contributed by atoms with Crippen LogP contribution >= 0.6 is 0 Å². The van der Waals surface area contributed by atoms with Crippen molar-refractivity contribution in [3.05, 3.63) is 0 Å². The Morgan fingerprint density at radius 3 is 2.00 bits per heavy atom. The monoisotopic (exact) mass is 256 g/mol. The van der Waals surface area contributed by atoms with Crippen LogP contribution in [0.1, 0.15) is 73.1 Å². The fourth-order valence-corrected chi connectivity index (χ4v) is 2.54. The van der Waals surface area contributed by atoms with Gasteiger partial charge in [0.25, 0.3) is 0 Å². The van der Waals surface area contributed by atoms with Crippen LogP contribution in [-0.2, 0) is 0 Å². The molecule has 2 unspecified atom stereocenters. The predicted molar refractivity (Wildman–Crippen MR) is 83.2 cm³/mol. The summed E-state index contributed by atoms with van der Waals surface area (Å²) in [6.07, 6.45) is 8.27. The van der Waals surface area contributed by atoms with E-state index in [1.807, 2.05) is 0 Å². The Hall–Kier alpha value is -0.0800. The molecule has 0 radical (unpaired) electrons. The molecule has 1 N–H and O–H groups in total. The molecule has 18 heavy (non-hydrogen) atoms. The van der Waals surface area contributed by atoms with Crippen molar-refractivity contribution >= 4 is 0 Å². The molecule has 0 saturated carbocycles. The Labute approximate surface area is 116 Å². The first kappa shape index (κ1) is 17.9. The van der Waals surface area contributed by atoms with Gasteiger partial charge in [-0.1, -0.05) is 52.9 Å². The highest BCUT2D eigenvalue weighted by Crippen LogP contribution is 2.07. The normalized spacial score (nSPS) is 15.0. The molecule has 0 aromatic rings. The second-order valence-electron chi connectivity index (χ2n) is 5.66. The lowest BCUT2D eigenvalue weighted by atomic mass is 10.1. The first-order valence-corrected chi connectivity index (χ1v) is 8.12. The van der Waals surface area contributed by atoms with Gasteiger partial charge in [-0.25, -0.2) is 0 Å². The lowest BCUT2D eigenvalue weighted by Crippen LogP contribution is -2.42. The highest BCUT2D eigenvalue weighted by atomic mass is 15.1. The number of rotatable bonds is 12. The molecule has 0 fully saturated rings. The van der Waals surface area contributed by atoms with E-state index in [0.717, 1.165) is 13.1 Å². The van der Waals surface area contributed by atoms with Crippen molar-refractivity contribution in [3.63, 3.8) is 0 Å². The second kappa shape index (κ2) is 12.0. The number of hydrogen-bond donors (Lipinski definition) is 1. The van der Waals surface area contributed by atoms with Gasteiger partial charge in [-0.05, 0) is 33.4 Å². The molecule has 0 aromatic carbocycles. The van der Waals surface area contributed by atoms with Crippen LogP contribution < -0.4 is 5.32 Å². The Bertz CT molecular complexity index is 166. The largest absolute Gasteiger partial charge is 0.311 e. The van der Waals surface area contributed by atoms with Gasteiger partial charge in [0, 0.05) is 18.6 Å². The third-order valence-corrected chi connectivity index (χ3v) is 3.74. The topological polar surface area (TPSA) is 15.3 Å². The summed E-state index contributed by atoms with van der Waals surface area (Å²) in [6.45, 7) is 14.9. The fourth-order valence-electron chi connectivity index (χ4n) is 2.54. The molecule has 0 heterocycles. The zero-order valence-electron chi connectivity index (χ0n) is 13.5. The minimum atomic E-state index is 0.607. The first-order valence-electron chi connectivity index (χ1n) is 8.12. The molecular formula is C16H36N2. The summed E-state index contributed by atoms with van der Waals surface area (Å²) in [7, 11) is 0. The van der Waals surface area contributed by atoms with Crippen LogP contribution in [-0.4, -0.2) is 36.6 Å². The number of unbranched alkanes of at least 4 members (excludes halogenated alkanes) is 4. The summed E-state index contributed by atoms with van der Waals surface area (Å²) >= 11 is 0. The van der Waals surface area contributed by atoms with Crippen LogP contribution in [0, 0.1) is 0 Å². The molecule has 2 nitrogen and oxygen atoms in total. The minimum Gasteiger partial charge on any atom is -0.311 e.